The second kappa shape index (κ2) is 3.10. The highest BCUT2D eigenvalue weighted by Crippen LogP contribution is 2.62. The molecular weight excluding hydrogens is 182 g/mol. The molecule has 0 aromatic heterocycles. The van der Waals surface area contributed by atoms with Crippen LogP contribution in [-0.4, -0.2) is 0 Å². The van der Waals surface area contributed by atoms with Crippen molar-refractivity contribution in [1.29, 1.82) is 5.26 Å². The Morgan fingerprint density at radius 2 is 2.27 bits per heavy atom. The molecule has 1 aromatic carbocycles. The summed E-state index contributed by atoms with van der Waals surface area (Å²) in [5.74, 6) is 0.917. The van der Waals surface area contributed by atoms with Gasteiger partial charge < -0.3 is 0 Å². The number of hydrogen-bond donors (Lipinski definition) is 0. The van der Waals surface area contributed by atoms with E-state index in [0.717, 1.165) is 11.5 Å². The first-order valence-corrected chi connectivity index (χ1v) is 5.86. The lowest BCUT2D eigenvalue weighted by Gasteiger charge is -2.22. The van der Waals surface area contributed by atoms with Gasteiger partial charge in [-0.15, -0.1) is 0 Å². The van der Waals surface area contributed by atoms with E-state index in [1.54, 1.807) is 0 Å². The molecule has 2 saturated carbocycles. The quantitative estimate of drug-likeness (QED) is 0.677. The van der Waals surface area contributed by atoms with Crippen molar-refractivity contribution >= 4 is 0 Å². The third-order valence-electron chi connectivity index (χ3n) is 4.22. The van der Waals surface area contributed by atoms with Crippen molar-refractivity contribution < 1.29 is 0 Å². The van der Waals surface area contributed by atoms with Gasteiger partial charge in [0.15, 0.2) is 0 Å². The zero-order chi connectivity index (χ0) is 10.3. The molecular formula is C14H15N. The molecule has 2 aliphatic rings. The molecule has 0 amide bonds. The highest BCUT2D eigenvalue weighted by atomic mass is 14.6. The maximum Gasteiger partial charge on any atom is 0.0991 e. The van der Waals surface area contributed by atoms with E-state index in [4.69, 9.17) is 5.26 Å². The van der Waals surface area contributed by atoms with Crippen molar-refractivity contribution in [3.05, 3.63) is 35.4 Å². The van der Waals surface area contributed by atoms with E-state index in [9.17, 15) is 0 Å². The lowest BCUT2D eigenvalue weighted by Crippen LogP contribution is -2.14. The first-order chi connectivity index (χ1) is 7.35. The van der Waals surface area contributed by atoms with Crippen LogP contribution in [0.15, 0.2) is 24.3 Å². The van der Waals surface area contributed by atoms with E-state index in [1.165, 1.54) is 37.7 Å². The average Bonchev–Trinajstić information content (AvgIpc) is 3.05. The topological polar surface area (TPSA) is 23.8 Å². The van der Waals surface area contributed by atoms with Crippen molar-refractivity contribution in [3.8, 4) is 6.07 Å². The van der Waals surface area contributed by atoms with Crippen molar-refractivity contribution in [2.24, 2.45) is 5.92 Å². The van der Waals surface area contributed by atoms with Gasteiger partial charge in [-0.05, 0) is 48.3 Å². The predicted molar refractivity (Wildman–Crippen MR) is 59.4 cm³/mol. The lowest BCUT2D eigenvalue weighted by atomic mass is 9.82. The van der Waals surface area contributed by atoms with Gasteiger partial charge in [0.1, 0.15) is 0 Å². The van der Waals surface area contributed by atoms with Crippen LogP contribution in [0.3, 0.4) is 0 Å². The summed E-state index contributed by atoms with van der Waals surface area (Å²) < 4.78 is 0. The van der Waals surface area contributed by atoms with Crippen LogP contribution in [0.2, 0.25) is 0 Å². The Bertz CT molecular complexity index is 429. The Balaban J connectivity index is 1.96. The van der Waals surface area contributed by atoms with Crippen molar-refractivity contribution in [2.45, 2.75) is 37.5 Å². The fourth-order valence-corrected chi connectivity index (χ4v) is 3.29. The Morgan fingerprint density at radius 1 is 1.33 bits per heavy atom. The third-order valence-corrected chi connectivity index (χ3v) is 4.22. The fourth-order valence-electron chi connectivity index (χ4n) is 3.29. The Hall–Kier alpha value is -1.29. The minimum atomic E-state index is 0.477. The molecule has 76 valence electrons. The van der Waals surface area contributed by atoms with E-state index in [-0.39, 0.29) is 0 Å². The molecule has 0 saturated heterocycles. The second-order valence-electron chi connectivity index (χ2n) is 5.00. The van der Waals surface area contributed by atoms with E-state index in [1.807, 2.05) is 12.1 Å². The molecule has 0 bridgehead atoms. The standard InChI is InChI=1S/C14H15N/c15-10-11-4-3-6-12(8-11)14-7-2-1-5-13(14)9-14/h3-4,6,8,13H,1-2,5,7,9H2/t13?,14-/m0/s1. The van der Waals surface area contributed by atoms with Crippen molar-refractivity contribution in [3.63, 3.8) is 0 Å². The molecule has 0 aliphatic heterocycles. The molecule has 1 aromatic rings. The lowest BCUT2D eigenvalue weighted by molar-refractivity contribution is 0.428. The predicted octanol–water partition coefficient (Wildman–Crippen LogP) is 3.39. The molecule has 15 heavy (non-hydrogen) atoms. The molecule has 1 nitrogen and oxygen atoms in total. The van der Waals surface area contributed by atoms with Gasteiger partial charge in [-0.25, -0.2) is 0 Å². The molecule has 0 radical (unpaired) electrons. The Kier molecular flexibility index (Phi) is 1.85. The fraction of sp³-hybridized carbons (Fsp3) is 0.500. The molecule has 1 unspecified atom stereocenters. The largest absolute Gasteiger partial charge is 0.192 e. The van der Waals surface area contributed by atoms with Crippen LogP contribution in [0.5, 0.6) is 0 Å². The van der Waals surface area contributed by atoms with Gasteiger partial charge in [0, 0.05) is 0 Å². The molecule has 0 spiro atoms. The van der Waals surface area contributed by atoms with Gasteiger partial charge in [-0.2, -0.15) is 5.26 Å². The summed E-state index contributed by atoms with van der Waals surface area (Å²) in [6, 6.07) is 10.5. The number of fused-ring (bicyclic) bond motifs is 1. The summed E-state index contributed by atoms with van der Waals surface area (Å²) in [7, 11) is 0. The Labute approximate surface area is 90.7 Å². The molecule has 2 aliphatic carbocycles. The molecule has 1 heteroatoms. The van der Waals surface area contributed by atoms with Gasteiger partial charge in [0.05, 0.1) is 11.6 Å². The van der Waals surface area contributed by atoms with Crippen LogP contribution in [0.1, 0.15) is 43.2 Å². The van der Waals surface area contributed by atoms with E-state index in [0.29, 0.717) is 5.41 Å². The minimum absolute atomic E-state index is 0.477. The van der Waals surface area contributed by atoms with Gasteiger partial charge >= 0.3 is 0 Å². The Morgan fingerprint density at radius 3 is 3.07 bits per heavy atom. The van der Waals surface area contributed by atoms with Crippen LogP contribution in [0.4, 0.5) is 0 Å². The summed E-state index contributed by atoms with van der Waals surface area (Å²) in [6.45, 7) is 0. The minimum Gasteiger partial charge on any atom is -0.192 e. The highest BCUT2D eigenvalue weighted by Gasteiger charge is 2.55. The highest BCUT2D eigenvalue weighted by molar-refractivity contribution is 5.41. The maximum atomic E-state index is 8.91. The molecule has 2 atom stereocenters. The summed E-state index contributed by atoms with van der Waals surface area (Å²) in [6.07, 6.45) is 6.88. The average molecular weight is 197 g/mol. The summed E-state index contributed by atoms with van der Waals surface area (Å²) in [5.41, 5.74) is 2.72. The molecule has 2 fully saturated rings. The van der Waals surface area contributed by atoms with Crippen molar-refractivity contribution in [2.75, 3.05) is 0 Å². The summed E-state index contributed by atoms with van der Waals surface area (Å²) in [4.78, 5) is 0. The van der Waals surface area contributed by atoms with E-state index >= 15 is 0 Å². The van der Waals surface area contributed by atoms with Crippen LogP contribution in [-0.2, 0) is 5.41 Å². The third kappa shape index (κ3) is 1.28. The van der Waals surface area contributed by atoms with Crippen LogP contribution in [0, 0.1) is 17.2 Å². The SMILES string of the molecule is N#Cc1cccc([C@@]23CCCCC2C3)c1. The van der Waals surface area contributed by atoms with Gasteiger partial charge in [-0.1, -0.05) is 25.0 Å². The number of nitrogens with zero attached hydrogens (tertiary/aromatic N) is 1. The molecule has 0 N–H and O–H groups in total. The van der Waals surface area contributed by atoms with Crippen LogP contribution >= 0.6 is 0 Å². The van der Waals surface area contributed by atoms with Crippen LogP contribution < -0.4 is 0 Å². The maximum absolute atomic E-state index is 8.91. The monoisotopic (exact) mass is 197 g/mol. The first-order valence-electron chi connectivity index (χ1n) is 5.86. The van der Waals surface area contributed by atoms with E-state index < -0.39 is 0 Å². The zero-order valence-corrected chi connectivity index (χ0v) is 8.87. The van der Waals surface area contributed by atoms with Gasteiger partial charge in [0.2, 0.25) is 0 Å². The first kappa shape index (κ1) is 8.97. The number of hydrogen-bond acceptors (Lipinski definition) is 1. The number of benzene rings is 1. The number of rotatable bonds is 1. The summed E-state index contributed by atoms with van der Waals surface area (Å²) >= 11 is 0. The zero-order valence-electron chi connectivity index (χ0n) is 8.87. The normalized spacial score (nSPS) is 32.9. The van der Waals surface area contributed by atoms with Gasteiger partial charge in [0.25, 0.3) is 0 Å². The van der Waals surface area contributed by atoms with Crippen molar-refractivity contribution in [1.82, 2.24) is 0 Å². The molecule has 3 rings (SSSR count). The van der Waals surface area contributed by atoms with Gasteiger partial charge in [-0.3, -0.25) is 0 Å². The van der Waals surface area contributed by atoms with Crippen LogP contribution in [0.25, 0.3) is 0 Å². The van der Waals surface area contributed by atoms with E-state index in [2.05, 4.69) is 18.2 Å². The number of nitriles is 1. The second-order valence-corrected chi connectivity index (χ2v) is 5.00. The molecule has 0 heterocycles. The smallest absolute Gasteiger partial charge is 0.0991 e. The summed E-state index contributed by atoms with van der Waals surface area (Å²) in [5, 5.41) is 8.91.